The molecule has 0 fully saturated rings. The highest BCUT2D eigenvalue weighted by Crippen LogP contribution is 2.22. The van der Waals surface area contributed by atoms with Crippen molar-refractivity contribution in [1.82, 2.24) is 0 Å². The van der Waals surface area contributed by atoms with Gasteiger partial charge in [-0.15, -0.1) is 12.4 Å². The van der Waals surface area contributed by atoms with Gasteiger partial charge in [-0.1, -0.05) is 15.9 Å². The Kier molecular flexibility index (Phi) is 4.75. The molecule has 0 aromatic heterocycles. The Morgan fingerprint density at radius 1 is 1.50 bits per heavy atom. The highest BCUT2D eigenvalue weighted by Gasteiger charge is 2.04. The quantitative estimate of drug-likeness (QED) is 0.819. The van der Waals surface area contributed by atoms with E-state index in [0.717, 1.165) is 10.0 Å². The predicted octanol–water partition coefficient (Wildman–Crippen LogP) is 3.03. The fourth-order valence-electron chi connectivity index (χ4n) is 0.864. The van der Waals surface area contributed by atoms with Gasteiger partial charge in [-0.05, 0) is 30.7 Å². The maximum absolute atomic E-state index is 12.6. The molecule has 4 heteroatoms. The summed E-state index contributed by atoms with van der Waals surface area (Å²) >= 11 is 3.28. The minimum atomic E-state index is -0.250. The lowest BCUT2D eigenvalue weighted by molar-refractivity contribution is 0.621. The number of halogens is 3. The van der Waals surface area contributed by atoms with E-state index in [1.807, 2.05) is 6.92 Å². The van der Waals surface area contributed by atoms with E-state index in [0.29, 0.717) is 0 Å². The van der Waals surface area contributed by atoms with E-state index in [2.05, 4.69) is 15.9 Å². The Morgan fingerprint density at radius 3 is 2.50 bits per heavy atom. The van der Waals surface area contributed by atoms with Crippen LogP contribution >= 0.6 is 28.3 Å². The number of rotatable bonds is 1. The third-order valence-corrected chi connectivity index (χ3v) is 2.17. The number of hydrogen-bond acceptors (Lipinski definition) is 1. The van der Waals surface area contributed by atoms with Crippen LogP contribution in [-0.2, 0) is 0 Å². The number of nitrogens with two attached hydrogens (primary N) is 1. The second-order valence-electron chi connectivity index (χ2n) is 2.45. The maximum Gasteiger partial charge on any atom is 0.123 e. The summed E-state index contributed by atoms with van der Waals surface area (Å²) in [5.41, 5.74) is 6.38. The van der Waals surface area contributed by atoms with Crippen LogP contribution in [-0.4, -0.2) is 0 Å². The summed E-state index contributed by atoms with van der Waals surface area (Å²) in [5.74, 6) is -0.250. The molecule has 0 unspecified atom stereocenters. The molecule has 0 spiro atoms. The standard InChI is InChI=1S/C8H9BrFN.ClH/c1-5(11)7-4-6(10)2-3-8(7)9;/h2-5H,11H2,1H3;1H/t5-;/m1./s1. The van der Waals surface area contributed by atoms with E-state index < -0.39 is 0 Å². The van der Waals surface area contributed by atoms with Crippen LogP contribution in [0, 0.1) is 5.82 Å². The molecule has 1 rings (SSSR count). The Bertz CT molecular complexity index is 265. The second kappa shape index (κ2) is 4.80. The van der Waals surface area contributed by atoms with E-state index in [1.165, 1.54) is 12.1 Å². The molecular weight excluding hydrogens is 244 g/mol. The first-order valence-corrected chi connectivity index (χ1v) is 4.11. The summed E-state index contributed by atoms with van der Waals surface area (Å²) in [4.78, 5) is 0. The van der Waals surface area contributed by atoms with Crippen molar-refractivity contribution >= 4 is 28.3 Å². The van der Waals surface area contributed by atoms with Crippen molar-refractivity contribution in [2.75, 3.05) is 0 Å². The lowest BCUT2D eigenvalue weighted by Gasteiger charge is -2.07. The highest BCUT2D eigenvalue weighted by molar-refractivity contribution is 9.10. The van der Waals surface area contributed by atoms with Crippen molar-refractivity contribution in [1.29, 1.82) is 0 Å². The zero-order valence-corrected chi connectivity index (χ0v) is 8.95. The third kappa shape index (κ3) is 2.73. The van der Waals surface area contributed by atoms with Crippen LogP contribution in [0.3, 0.4) is 0 Å². The molecule has 0 amide bonds. The molecule has 0 aliphatic heterocycles. The summed E-state index contributed by atoms with van der Waals surface area (Å²) in [6, 6.07) is 4.36. The summed E-state index contributed by atoms with van der Waals surface area (Å²) in [6.07, 6.45) is 0. The minimum absolute atomic E-state index is 0. The minimum Gasteiger partial charge on any atom is -0.324 e. The molecule has 1 aromatic carbocycles. The molecule has 0 bridgehead atoms. The van der Waals surface area contributed by atoms with Crippen molar-refractivity contribution in [2.45, 2.75) is 13.0 Å². The van der Waals surface area contributed by atoms with Gasteiger partial charge >= 0.3 is 0 Å². The van der Waals surface area contributed by atoms with Gasteiger partial charge in [0.2, 0.25) is 0 Å². The lowest BCUT2D eigenvalue weighted by atomic mass is 10.1. The fraction of sp³-hybridized carbons (Fsp3) is 0.250. The lowest BCUT2D eigenvalue weighted by Crippen LogP contribution is -2.05. The number of hydrogen-bond donors (Lipinski definition) is 1. The molecular formula is C8H10BrClFN. The van der Waals surface area contributed by atoms with Crippen molar-refractivity contribution in [2.24, 2.45) is 5.73 Å². The largest absolute Gasteiger partial charge is 0.324 e. The van der Waals surface area contributed by atoms with Crippen molar-refractivity contribution in [3.8, 4) is 0 Å². The normalized spacial score (nSPS) is 12.0. The molecule has 0 aliphatic rings. The van der Waals surface area contributed by atoms with E-state index in [9.17, 15) is 4.39 Å². The van der Waals surface area contributed by atoms with Crippen LogP contribution in [0.5, 0.6) is 0 Å². The Hall–Kier alpha value is -0.120. The van der Waals surface area contributed by atoms with Crippen LogP contribution in [0.15, 0.2) is 22.7 Å². The molecule has 0 saturated heterocycles. The van der Waals surface area contributed by atoms with Gasteiger partial charge in [-0.3, -0.25) is 0 Å². The maximum atomic E-state index is 12.6. The van der Waals surface area contributed by atoms with Crippen LogP contribution in [0.4, 0.5) is 4.39 Å². The van der Waals surface area contributed by atoms with Gasteiger partial charge in [-0.2, -0.15) is 0 Å². The van der Waals surface area contributed by atoms with Crippen molar-refractivity contribution in [3.63, 3.8) is 0 Å². The zero-order valence-electron chi connectivity index (χ0n) is 6.55. The first-order chi connectivity index (χ1) is 5.11. The zero-order chi connectivity index (χ0) is 8.43. The van der Waals surface area contributed by atoms with Gasteiger partial charge in [0, 0.05) is 10.5 Å². The van der Waals surface area contributed by atoms with Crippen LogP contribution in [0.25, 0.3) is 0 Å². The molecule has 1 atom stereocenters. The van der Waals surface area contributed by atoms with E-state index in [4.69, 9.17) is 5.73 Å². The number of benzene rings is 1. The van der Waals surface area contributed by atoms with E-state index in [1.54, 1.807) is 6.07 Å². The predicted molar refractivity (Wildman–Crippen MR) is 54.0 cm³/mol. The first-order valence-electron chi connectivity index (χ1n) is 3.32. The molecule has 68 valence electrons. The average Bonchev–Trinajstić information content (AvgIpc) is 1.94. The van der Waals surface area contributed by atoms with Gasteiger partial charge in [0.05, 0.1) is 0 Å². The van der Waals surface area contributed by atoms with Gasteiger partial charge in [-0.25, -0.2) is 4.39 Å². The fourth-order valence-corrected chi connectivity index (χ4v) is 1.47. The Balaban J connectivity index is 0.00000121. The van der Waals surface area contributed by atoms with Gasteiger partial charge in [0.15, 0.2) is 0 Å². The molecule has 0 aliphatic carbocycles. The molecule has 0 saturated carbocycles. The van der Waals surface area contributed by atoms with Gasteiger partial charge in [0.25, 0.3) is 0 Å². The average molecular weight is 255 g/mol. The van der Waals surface area contributed by atoms with E-state index in [-0.39, 0.29) is 24.3 Å². The molecule has 0 radical (unpaired) electrons. The molecule has 1 aromatic rings. The van der Waals surface area contributed by atoms with E-state index >= 15 is 0 Å². The third-order valence-electron chi connectivity index (χ3n) is 1.45. The van der Waals surface area contributed by atoms with Gasteiger partial charge < -0.3 is 5.73 Å². The molecule has 1 nitrogen and oxygen atoms in total. The first kappa shape index (κ1) is 11.9. The summed E-state index contributed by atoms with van der Waals surface area (Å²) in [7, 11) is 0. The van der Waals surface area contributed by atoms with Crippen molar-refractivity contribution in [3.05, 3.63) is 34.1 Å². The second-order valence-corrected chi connectivity index (χ2v) is 3.31. The molecule has 0 heterocycles. The SMILES string of the molecule is C[C@@H](N)c1cc(F)ccc1Br.Cl. The van der Waals surface area contributed by atoms with Crippen LogP contribution in [0.1, 0.15) is 18.5 Å². The van der Waals surface area contributed by atoms with Crippen molar-refractivity contribution < 1.29 is 4.39 Å². The van der Waals surface area contributed by atoms with Crippen LogP contribution < -0.4 is 5.73 Å². The Morgan fingerprint density at radius 2 is 2.08 bits per heavy atom. The molecule has 2 N–H and O–H groups in total. The summed E-state index contributed by atoms with van der Waals surface area (Å²) < 4.78 is 13.5. The molecule has 12 heavy (non-hydrogen) atoms. The Labute approximate surface area is 85.7 Å². The van der Waals surface area contributed by atoms with Crippen LogP contribution in [0.2, 0.25) is 0 Å². The smallest absolute Gasteiger partial charge is 0.123 e. The summed E-state index contributed by atoms with van der Waals surface area (Å²) in [6.45, 7) is 1.82. The monoisotopic (exact) mass is 253 g/mol. The topological polar surface area (TPSA) is 26.0 Å². The van der Waals surface area contributed by atoms with Gasteiger partial charge in [0.1, 0.15) is 5.82 Å². The summed E-state index contributed by atoms with van der Waals surface area (Å²) in [5, 5.41) is 0. The highest BCUT2D eigenvalue weighted by atomic mass is 79.9.